The van der Waals surface area contributed by atoms with E-state index >= 15 is 0 Å². The van der Waals surface area contributed by atoms with Gasteiger partial charge in [-0.15, -0.1) is 18.2 Å². The topological polar surface area (TPSA) is 84.4 Å². The minimum Gasteiger partial charge on any atom is -0.478 e. The average molecular weight is 620 g/mol. The van der Waals surface area contributed by atoms with Gasteiger partial charge in [0.1, 0.15) is 23.1 Å². The lowest BCUT2D eigenvalue weighted by atomic mass is 9.96. The Morgan fingerprint density at radius 1 is 1.16 bits per heavy atom. The van der Waals surface area contributed by atoms with Gasteiger partial charge < -0.3 is 24.3 Å². The molecule has 2 aliphatic carbocycles. The van der Waals surface area contributed by atoms with Crippen LogP contribution in [0.15, 0.2) is 47.7 Å². The van der Waals surface area contributed by atoms with Crippen molar-refractivity contribution in [1.29, 1.82) is 0 Å². The van der Waals surface area contributed by atoms with Gasteiger partial charge in [0.15, 0.2) is 10.9 Å². The van der Waals surface area contributed by atoms with Gasteiger partial charge in [-0.25, -0.2) is 14.2 Å². The molecule has 0 bridgehead atoms. The molecule has 0 radical (unpaired) electrons. The number of rotatable bonds is 8. The van der Waals surface area contributed by atoms with Crippen molar-refractivity contribution in [3.05, 3.63) is 64.7 Å². The number of hydrogen-bond donors (Lipinski definition) is 1. The number of alkyl halides is 3. The van der Waals surface area contributed by atoms with Crippen LogP contribution in [0.5, 0.6) is 5.75 Å². The molecular weight excluding hydrogens is 590 g/mol. The fraction of sp³-hybridized carbons (Fsp3) is 0.467. The number of halogens is 4. The number of ether oxygens (including phenoxy) is 2. The van der Waals surface area contributed by atoms with Crippen molar-refractivity contribution in [3.8, 4) is 5.75 Å². The van der Waals surface area contributed by atoms with Gasteiger partial charge in [-0.05, 0) is 55.7 Å². The van der Waals surface area contributed by atoms with E-state index in [1.165, 1.54) is 29.5 Å². The summed E-state index contributed by atoms with van der Waals surface area (Å²) in [7, 11) is 1.72. The van der Waals surface area contributed by atoms with E-state index in [2.05, 4.69) is 14.6 Å². The molecule has 8 nitrogen and oxygen atoms in total. The third-order valence-electron chi connectivity index (χ3n) is 8.78. The molecular formula is C30H29F4N3O5S. The first-order valence-electron chi connectivity index (χ1n) is 14.2. The minimum absolute atomic E-state index is 0.00994. The summed E-state index contributed by atoms with van der Waals surface area (Å²) < 4.78 is 65.4. The molecule has 43 heavy (non-hydrogen) atoms. The summed E-state index contributed by atoms with van der Waals surface area (Å²) in [5.74, 6) is -0.346. The number of carboxylic acids is 1. The van der Waals surface area contributed by atoms with Gasteiger partial charge >= 0.3 is 12.3 Å². The Kier molecular flexibility index (Phi) is 7.01. The Bertz CT molecular complexity index is 1590. The van der Waals surface area contributed by atoms with Crippen LogP contribution in [0.4, 0.5) is 22.7 Å². The SMILES string of the molecule is CN1OC(C2CC2)=C(COC2CC3CN(c4nc5c(F)cc(C(=O)O)cc5s4)CC3C2)C1c1ccccc1OC(F)(F)F. The first kappa shape index (κ1) is 28.4. The number of hydrogen-bond acceptors (Lipinski definition) is 8. The van der Waals surface area contributed by atoms with Gasteiger partial charge in [0.2, 0.25) is 0 Å². The third kappa shape index (κ3) is 5.53. The lowest BCUT2D eigenvalue weighted by molar-refractivity contribution is -0.275. The number of carbonyl (C=O) groups is 1. The highest BCUT2D eigenvalue weighted by Crippen LogP contribution is 2.50. The number of aromatic nitrogens is 1. The van der Waals surface area contributed by atoms with Crippen molar-refractivity contribution in [1.82, 2.24) is 10.0 Å². The Labute approximate surface area is 248 Å². The molecule has 2 aromatic carbocycles. The molecule has 228 valence electrons. The Morgan fingerprint density at radius 2 is 1.88 bits per heavy atom. The Balaban J connectivity index is 1.04. The van der Waals surface area contributed by atoms with E-state index in [-0.39, 0.29) is 35.5 Å². The van der Waals surface area contributed by atoms with Crippen LogP contribution in [0.2, 0.25) is 0 Å². The maximum absolute atomic E-state index is 14.5. The predicted molar refractivity (Wildman–Crippen MR) is 149 cm³/mol. The number of aromatic carboxylic acids is 1. The van der Waals surface area contributed by atoms with Crippen LogP contribution in [0.25, 0.3) is 10.2 Å². The molecule has 2 saturated carbocycles. The Hall–Kier alpha value is -3.42. The first-order valence-corrected chi connectivity index (χ1v) is 15.0. The highest BCUT2D eigenvalue weighted by molar-refractivity contribution is 7.22. The van der Waals surface area contributed by atoms with Crippen LogP contribution >= 0.6 is 11.3 Å². The van der Waals surface area contributed by atoms with E-state index < -0.39 is 24.2 Å². The second kappa shape index (κ2) is 10.6. The number of fused-ring (bicyclic) bond motifs is 2. The molecule has 3 unspecified atom stereocenters. The van der Waals surface area contributed by atoms with Gasteiger partial charge in [-0.1, -0.05) is 29.5 Å². The molecule has 3 fully saturated rings. The smallest absolute Gasteiger partial charge is 0.478 e. The second-order valence-electron chi connectivity index (χ2n) is 11.7. The van der Waals surface area contributed by atoms with E-state index in [0.29, 0.717) is 27.2 Å². The molecule has 3 atom stereocenters. The van der Waals surface area contributed by atoms with E-state index in [4.69, 9.17) is 9.57 Å². The second-order valence-corrected chi connectivity index (χ2v) is 12.7. The monoisotopic (exact) mass is 619 g/mol. The molecule has 0 spiro atoms. The van der Waals surface area contributed by atoms with Crippen molar-refractivity contribution in [3.63, 3.8) is 0 Å². The third-order valence-corrected chi connectivity index (χ3v) is 9.84. The summed E-state index contributed by atoms with van der Waals surface area (Å²) in [6, 6.07) is 8.05. The lowest BCUT2D eigenvalue weighted by Gasteiger charge is -2.24. The van der Waals surface area contributed by atoms with E-state index in [1.54, 1.807) is 24.2 Å². The zero-order valence-corrected chi connectivity index (χ0v) is 24.0. The van der Waals surface area contributed by atoms with Crippen molar-refractivity contribution in [2.75, 3.05) is 31.6 Å². The molecule has 2 aliphatic heterocycles. The number of hydroxylamine groups is 2. The molecule has 13 heteroatoms. The molecule has 1 saturated heterocycles. The zero-order valence-electron chi connectivity index (χ0n) is 23.1. The maximum atomic E-state index is 14.5. The van der Waals surface area contributed by atoms with Crippen LogP contribution in [0.3, 0.4) is 0 Å². The van der Waals surface area contributed by atoms with Crippen LogP contribution in [0, 0.1) is 23.6 Å². The largest absolute Gasteiger partial charge is 0.573 e. The normalized spacial score (nSPS) is 25.9. The minimum atomic E-state index is -4.82. The number of allylic oxidation sites excluding steroid dienone is 1. The molecule has 7 rings (SSSR count). The molecule has 4 aliphatic rings. The highest BCUT2D eigenvalue weighted by Gasteiger charge is 2.45. The quantitative estimate of drug-likeness (QED) is 0.285. The maximum Gasteiger partial charge on any atom is 0.573 e. The number of nitrogens with zero attached hydrogens (tertiary/aromatic N) is 3. The van der Waals surface area contributed by atoms with Crippen LogP contribution in [-0.2, 0) is 9.57 Å². The zero-order chi connectivity index (χ0) is 30.0. The van der Waals surface area contributed by atoms with Crippen molar-refractivity contribution in [2.24, 2.45) is 17.8 Å². The van der Waals surface area contributed by atoms with Crippen molar-refractivity contribution in [2.45, 2.75) is 44.2 Å². The molecule has 0 amide bonds. The van der Waals surface area contributed by atoms with Gasteiger partial charge in [0, 0.05) is 37.2 Å². The van der Waals surface area contributed by atoms with Crippen molar-refractivity contribution >= 4 is 32.7 Å². The number of thiazole rings is 1. The summed E-state index contributed by atoms with van der Waals surface area (Å²) in [6.07, 6.45) is -1.24. The summed E-state index contributed by atoms with van der Waals surface area (Å²) >= 11 is 1.29. The summed E-state index contributed by atoms with van der Waals surface area (Å²) in [5.41, 5.74) is 1.29. The Morgan fingerprint density at radius 3 is 2.56 bits per heavy atom. The predicted octanol–water partition coefficient (Wildman–Crippen LogP) is 6.55. The first-order chi connectivity index (χ1) is 20.5. The van der Waals surface area contributed by atoms with Crippen LogP contribution < -0.4 is 9.64 Å². The number of benzene rings is 2. The van der Waals surface area contributed by atoms with Crippen LogP contribution in [-0.4, -0.2) is 60.3 Å². The fourth-order valence-corrected chi connectivity index (χ4v) is 7.78. The summed E-state index contributed by atoms with van der Waals surface area (Å²) in [5, 5.41) is 11.5. The van der Waals surface area contributed by atoms with E-state index in [1.807, 2.05) is 0 Å². The van der Waals surface area contributed by atoms with Gasteiger partial charge in [0.05, 0.1) is 23.0 Å². The number of para-hydroxylation sites is 1. The number of anilines is 1. The molecule has 1 N–H and O–H groups in total. The highest BCUT2D eigenvalue weighted by atomic mass is 32.1. The van der Waals surface area contributed by atoms with Gasteiger partial charge in [0.25, 0.3) is 0 Å². The number of likely N-dealkylation sites (N-methyl/N-ethyl adjacent to an activating group) is 1. The summed E-state index contributed by atoms with van der Waals surface area (Å²) in [6.45, 7) is 1.73. The number of carboxylic acid groups (broad SMARTS) is 1. The molecule has 3 aromatic rings. The lowest BCUT2D eigenvalue weighted by Crippen LogP contribution is -2.25. The van der Waals surface area contributed by atoms with E-state index in [0.717, 1.165) is 56.2 Å². The van der Waals surface area contributed by atoms with E-state index in [9.17, 15) is 27.5 Å². The fourth-order valence-electron chi connectivity index (χ4n) is 6.74. The molecule has 1 aromatic heterocycles. The summed E-state index contributed by atoms with van der Waals surface area (Å²) in [4.78, 5) is 24.0. The molecule has 3 heterocycles. The van der Waals surface area contributed by atoms with Gasteiger partial charge in [-0.2, -0.15) is 0 Å². The van der Waals surface area contributed by atoms with Crippen molar-refractivity contribution < 1.29 is 41.8 Å². The standard InChI is InChI=1S/C30H29F4N3O5S/c1-36-26(20-4-2-3-5-23(20)41-30(32,33)34)21(27(42-36)15-6-7-15)14-40-19-8-17-12-37(13-18(17)9-19)29-35-25-22(31)10-16(28(38)39)11-24(25)43-29/h2-5,10-11,15,17-19,26H,6-9,12-14H2,1H3,(H,38,39). The van der Waals surface area contributed by atoms with Gasteiger partial charge in [-0.3, -0.25) is 0 Å². The average Bonchev–Trinajstić information content (AvgIpc) is 3.23. The van der Waals surface area contributed by atoms with Crippen LogP contribution in [0.1, 0.15) is 47.6 Å².